The SMILES string of the molecule is CC1C/C=C/C(O)C2CCC2CN2C[C@@]3(CCCc4cc(Cl)ccc43)COc3ccc(cc32)C(=O)NS(=O)C1C. The lowest BCUT2D eigenvalue weighted by molar-refractivity contribution is 0.0456. The minimum absolute atomic E-state index is 0.0926. The van der Waals surface area contributed by atoms with Crippen LogP contribution in [0.4, 0.5) is 5.69 Å². The third kappa shape index (κ3) is 5.21. The van der Waals surface area contributed by atoms with Crippen LogP contribution in [0.5, 0.6) is 5.75 Å². The molecule has 6 nitrogen and oxygen atoms in total. The minimum Gasteiger partial charge on any atom is -0.490 e. The van der Waals surface area contributed by atoms with Gasteiger partial charge in [0.05, 0.1) is 23.6 Å². The van der Waals surface area contributed by atoms with Crippen LogP contribution in [0.15, 0.2) is 48.6 Å². The number of carbonyl (C=O) groups excluding carboxylic acids is 1. The van der Waals surface area contributed by atoms with E-state index < -0.39 is 17.1 Å². The van der Waals surface area contributed by atoms with Crippen molar-refractivity contribution in [1.82, 2.24) is 4.72 Å². The number of hydrogen-bond donors (Lipinski definition) is 2. The fraction of sp³-hybridized carbons (Fsp3) is 0.531. The molecule has 0 aromatic heterocycles. The number of anilines is 1. The summed E-state index contributed by atoms with van der Waals surface area (Å²) in [6, 6.07) is 11.8. The van der Waals surface area contributed by atoms with Crippen LogP contribution in [0.2, 0.25) is 5.02 Å². The van der Waals surface area contributed by atoms with Gasteiger partial charge in [-0.1, -0.05) is 36.7 Å². The number of carbonyl (C=O) groups is 1. The molecule has 0 saturated heterocycles. The Labute approximate surface area is 244 Å². The molecule has 2 aromatic rings. The zero-order chi connectivity index (χ0) is 28.0. The second-order valence-electron chi connectivity index (χ2n) is 12.4. The first-order chi connectivity index (χ1) is 19.2. The summed E-state index contributed by atoms with van der Waals surface area (Å²) in [5, 5.41) is 11.6. The van der Waals surface area contributed by atoms with Crippen molar-refractivity contribution in [2.75, 3.05) is 24.6 Å². The summed E-state index contributed by atoms with van der Waals surface area (Å²) in [6.45, 7) is 6.02. The first-order valence-electron chi connectivity index (χ1n) is 14.6. The highest BCUT2D eigenvalue weighted by molar-refractivity contribution is 7.84. The van der Waals surface area contributed by atoms with Crippen molar-refractivity contribution in [3.8, 4) is 5.75 Å². The van der Waals surface area contributed by atoms with Gasteiger partial charge in [0.2, 0.25) is 0 Å². The van der Waals surface area contributed by atoms with Crippen LogP contribution < -0.4 is 14.4 Å². The minimum atomic E-state index is -1.53. The van der Waals surface area contributed by atoms with E-state index in [1.165, 1.54) is 11.1 Å². The Hall–Kier alpha value is -2.35. The van der Waals surface area contributed by atoms with E-state index in [1.54, 1.807) is 6.07 Å². The van der Waals surface area contributed by atoms with Gasteiger partial charge in [0.1, 0.15) is 16.7 Å². The molecule has 1 saturated carbocycles. The Balaban J connectivity index is 1.41. The average molecular weight is 583 g/mol. The van der Waals surface area contributed by atoms with Crippen LogP contribution >= 0.6 is 11.6 Å². The predicted molar refractivity (Wildman–Crippen MR) is 160 cm³/mol. The van der Waals surface area contributed by atoms with Crippen molar-refractivity contribution in [1.29, 1.82) is 0 Å². The van der Waals surface area contributed by atoms with Gasteiger partial charge in [-0.2, -0.15) is 0 Å². The fourth-order valence-corrected chi connectivity index (χ4v) is 8.24. The van der Waals surface area contributed by atoms with E-state index in [2.05, 4.69) is 21.8 Å². The Bertz CT molecular complexity index is 1350. The van der Waals surface area contributed by atoms with Crippen LogP contribution in [0.3, 0.4) is 0 Å². The maximum atomic E-state index is 13.3. The quantitative estimate of drug-likeness (QED) is 0.397. The number of allylic oxidation sites excluding steroid dienone is 1. The van der Waals surface area contributed by atoms with E-state index in [-0.39, 0.29) is 28.4 Å². The lowest BCUT2D eigenvalue weighted by atomic mass is 9.68. The number of hydrogen-bond acceptors (Lipinski definition) is 5. The highest BCUT2D eigenvalue weighted by atomic mass is 35.5. The van der Waals surface area contributed by atoms with Gasteiger partial charge in [0, 0.05) is 29.1 Å². The smallest absolute Gasteiger partial charge is 0.263 e. The highest BCUT2D eigenvalue weighted by Gasteiger charge is 2.44. The van der Waals surface area contributed by atoms with Gasteiger partial charge in [-0.15, -0.1) is 0 Å². The molecule has 0 radical (unpaired) electrons. The molecule has 2 aromatic carbocycles. The van der Waals surface area contributed by atoms with Crippen molar-refractivity contribution in [3.05, 3.63) is 70.3 Å². The summed E-state index contributed by atoms with van der Waals surface area (Å²) < 4.78 is 22.3. The standard InChI is InChI=1S/C32H39ClN2O4S/c1-20-5-3-7-29(36)26-11-8-24(26)17-35-18-32(14-4-6-22-15-25(33)10-12-27(22)32)19-39-30-13-9-23(16-28(30)35)31(37)34-40(38)21(20)2/h3,7,9-10,12-13,15-16,20-21,24,26,29,36H,4-6,8,11,14,17-19H2,1-2H3,(H,34,37)/b7-3+/t20?,21?,24?,26?,29?,32-,40?/m0/s1. The predicted octanol–water partition coefficient (Wildman–Crippen LogP) is 5.58. The zero-order valence-electron chi connectivity index (χ0n) is 23.3. The van der Waals surface area contributed by atoms with Crippen molar-refractivity contribution < 1.29 is 18.8 Å². The van der Waals surface area contributed by atoms with E-state index >= 15 is 0 Å². The number of ether oxygens (including phenoxy) is 1. The molecular weight excluding hydrogens is 544 g/mol. The van der Waals surface area contributed by atoms with Gasteiger partial charge < -0.3 is 14.7 Å². The number of amides is 1. The molecule has 6 unspecified atom stereocenters. The summed E-state index contributed by atoms with van der Waals surface area (Å²) in [7, 11) is -1.53. The van der Waals surface area contributed by atoms with Crippen molar-refractivity contribution in [2.45, 2.75) is 69.1 Å². The van der Waals surface area contributed by atoms with E-state index in [9.17, 15) is 14.1 Å². The third-order valence-electron chi connectivity index (χ3n) is 9.84. The maximum Gasteiger partial charge on any atom is 0.263 e. The molecule has 2 aliphatic carbocycles. The summed E-state index contributed by atoms with van der Waals surface area (Å²) in [4.78, 5) is 15.7. The van der Waals surface area contributed by atoms with E-state index in [0.717, 1.165) is 61.7 Å². The largest absolute Gasteiger partial charge is 0.490 e. The molecule has 214 valence electrons. The number of fused-ring (bicyclic) bond motifs is 4. The number of aliphatic hydroxyl groups is 1. The van der Waals surface area contributed by atoms with Crippen LogP contribution in [-0.4, -0.2) is 46.3 Å². The van der Waals surface area contributed by atoms with Gasteiger partial charge >= 0.3 is 0 Å². The molecule has 2 aliphatic heterocycles. The first-order valence-corrected chi connectivity index (χ1v) is 16.2. The summed E-state index contributed by atoms with van der Waals surface area (Å²) in [5.41, 5.74) is 3.75. The third-order valence-corrected chi connectivity index (χ3v) is 11.6. The number of nitrogens with zero attached hydrogens (tertiary/aromatic N) is 1. The molecule has 1 spiro atoms. The van der Waals surface area contributed by atoms with Gasteiger partial charge in [0.25, 0.3) is 5.91 Å². The average Bonchev–Trinajstić information content (AvgIpc) is 3.07. The van der Waals surface area contributed by atoms with Crippen LogP contribution in [0.25, 0.3) is 0 Å². The Morgan fingerprint density at radius 2 is 2.02 bits per heavy atom. The molecule has 1 fully saturated rings. The van der Waals surface area contributed by atoms with Gasteiger partial charge in [-0.3, -0.25) is 9.52 Å². The van der Waals surface area contributed by atoms with Crippen molar-refractivity contribution in [2.24, 2.45) is 17.8 Å². The van der Waals surface area contributed by atoms with Crippen LogP contribution in [-0.2, 0) is 22.8 Å². The lowest BCUT2D eigenvalue weighted by Gasteiger charge is -2.45. The molecular formula is C32H39ClN2O4S. The summed E-state index contributed by atoms with van der Waals surface area (Å²) in [6.07, 6.45) is 9.28. The number of rotatable bonds is 0. The molecule has 40 heavy (non-hydrogen) atoms. The maximum absolute atomic E-state index is 13.3. The Kier molecular flexibility index (Phi) is 7.75. The topological polar surface area (TPSA) is 78.9 Å². The number of benzene rings is 2. The second-order valence-corrected chi connectivity index (χ2v) is 14.3. The highest BCUT2D eigenvalue weighted by Crippen LogP contribution is 2.46. The van der Waals surface area contributed by atoms with E-state index in [1.807, 2.05) is 44.2 Å². The molecule has 1 amide bonds. The van der Waals surface area contributed by atoms with Crippen LogP contribution in [0, 0.1) is 17.8 Å². The Morgan fingerprint density at radius 1 is 1.18 bits per heavy atom. The fourth-order valence-electron chi connectivity index (χ4n) is 7.03. The van der Waals surface area contributed by atoms with E-state index in [0.29, 0.717) is 24.5 Å². The van der Waals surface area contributed by atoms with Gasteiger partial charge in [-0.05, 0) is 105 Å². The number of halogens is 1. The summed E-state index contributed by atoms with van der Waals surface area (Å²) >= 11 is 6.39. The zero-order valence-corrected chi connectivity index (χ0v) is 24.8. The van der Waals surface area contributed by atoms with Crippen LogP contribution in [0.1, 0.15) is 67.4 Å². The molecule has 6 rings (SSSR count). The number of aliphatic hydroxyl groups excluding tert-OH is 1. The molecule has 2 heterocycles. The van der Waals surface area contributed by atoms with E-state index in [4.69, 9.17) is 16.3 Å². The van der Waals surface area contributed by atoms with Crippen molar-refractivity contribution in [3.63, 3.8) is 0 Å². The molecule has 7 atom stereocenters. The number of aryl methyl sites for hydroxylation is 1. The second kappa shape index (κ2) is 11.1. The van der Waals surface area contributed by atoms with Crippen molar-refractivity contribution >= 4 is 34.2 Å². The monoisotopic (exact) mass is 582 g/mol. The molecule has 8 heteroatoms. The Morgan fingerprint density at radius 3 is 2.83 bits per heavy atom. The number of nitrogens with one attached hydrogen (secondary N) is 1. The normalized spacial score (nSPS) is 34.9. The lowest BCUT2D eigenvalue weighted by Crippen LogP contribution is -2.49. The van der Waals surface area contributed by atoms with Gasteiger partial charge in [-0.25, -0.2) is 4.21 Å². The molecule has 4 aliphatic rings. The summed E-state index contributed by atoms with van der Waals surface area (Å²) in [5.74, 6) is 1.05. The van der Waals surface area contributed by atoms with Gasteiger partial charge in [0.15, 0.2) is 0 Å². The first kappa shape index (κ1) is 27.8. The molecule has 2 bridgehead atoms. The molecule has 2 N–H and O–H groups in total.